The molecule has 0 heterocycles. The molecule has 3 nitrogen and oxygen atoms in total. The summed E-state index contributed by atoms with van der Waals surface area (Å²) in [6.07, 6.45) is 3.66. The molecule has 0 rings (SSSR count). The lowest BCUT2D eigenvalue weighted by Gasteiger charge is -2.20. The lowest BCUT2D eigenvalue weighted by Crippen LogP contribution is -2.16. The molecule has 0 fully saturated rings. The van der Waals surface area contributed by atoms with Crippen molar-refractivity contribution in [1.29, 1.82) is 5.26 Å². The Morgan fingerprint density at radius 3 is 2.73 bits per heavy atom. The average Bonchev–Trinajstić information content (AvgIpc) is 2.02. The Labute approximate surface area is 67.3 Å². The molecule has 0 radical (unpaired) electrons. The standard InChI is InChI=1S/C8H14N2O/c1-3-8(2,7-10-11)5-4-6-9/h7,11H,3-5H2,1-2H3. The normalized spacial score (nSPS) is 16.1. The van der Waals surface area contributed by atoms with Crippen molar-refractivity contribution < 1.29 is 5.21 Å². The van der Waals surface area contributed by atoms with Crippen LogP contribution in [0.1, 0.15) is 33.1 Å². The third-order valence-electron chi connectivity index (χ3n) is 1.99. The summed E-state index contributed by atoms with van der Waals surface area (Å²) < 4.78 is 0. The molecule has 0 saturated heterocycles. The van der Waals surface area contributed by atoms with E-state index in [4.69, 9.17) is 10.5 Å². The Bertz CT molecular complexity index is 171. The molecule has 0 amide bonds. The first-order chi connectivity index (χ1) is 5.18. The molecule has 0 aliphatic carbocycles. The third kappa shape index (κ3) is 3.61. The van der Waals surface area contributed by atoms with Gasteiger partial charge in [0.2, 0.25) is 0 Å². The van der Waals surface area contributed by atoms with Crippen LogP contribution in [-0.4, -0.2) is 11.4 Å². The predicted molar refractivity (Wildman–Crippen MR) is 43.5 cm³/mol. The SMILES string of the molecule is CCC(C)(C=NO)CCC#N. The van der Waals surface area contributed by atoms with E-state index in [9.17, 15) is 0 Å². The van der Waals surface area contributed by atoms with Crippen LogP contribution in [0.4, 0.5) is 0 Å². The van der Waals surface area contributed by atoms with Crippen LogP contribution in [0, 0.1) is 16.7 Å². The van der Waals surface area contributed by atoms with Gasteiger partial charge in [0.05, 0.1) is 6.07 Å². The van der Waals surface area contributed by atoms with Crippen LogP contribution in [0.5, 0.6) is 0 Å². The molecule has 0 spiro atoms. The van der Waals surface area contributed by atoms with Crippen LogP contribution in [0.3, 0.4) is 0 Å². The number of rotatable bonds is 4. The molecule has 1 atom stereocenters. The number of nitriles is 1. The van der Waals surface area contributed by atoms with Gasteiger partial charge in [-0.15, -0.1) is 5.16 Å². The summed E-state index contributed by atoms with van der Waals surface area (Å²) in [5.41, 5.74) is -0.121. The second-order valence-corrected chi connectivity index (χ2v) is 2.91. The smallest absolute Gasteiger partial charge is 0.0622 e. The van der Waals surface area contributed by atoms with Crippen LogP contribution in [0.15, 0.2) is 5.16 Å². The van der Waals surface area contributed by atoms with Crippen LogP contribution >= 0.6 is 0 Å². The van der Waals surface area contributed by atoms with E-state index in [1.807, 2.05) is 13.8 Å². The quantitative estimate of drug-likeness (QED) is 0.383. The summed E-state index contributed by atoms with van der Waals surface area (Å²) in [6.45, 7) is 3.99. The van der Waals surface area contributed by atoms with E-state index in [0.29, 0.717) is 6.42 Å². The molecule has 0 aromatic heterocycles. The molecule has 62 valence electrons. The Balaban J connectivity index is 4.01. The molecule has 0 aliphatic heterocycles. The Kier molecular flexibility index (Phi) is 4.28. The monoisotopic (exact) mass is 154 g/mol. The van der Waals surface area contributed by atoms with Gasteiger partial charge in [0.15, 0.2) is 0 Å². The van der Waals surface area contributed by atoms with Crippen LogP contribution in [0.2, 0.25) is 0 Å². The van der Waals surface area contributed by atoms with Gasteiger partial charge < -0.3 is 5.21 Å². The average molecular weight is 154 g/mol. The largest absolute Gasteiger partial charge is 0.411 e. The van der Waals surface area contributed by atoms with Crippen molar-refractivity contribution in [3.05, 3.63) is 0 Å². The van der Waals surface area contributed by atoms with Crippen LogP contribution < -0.4 is 0 Å². The molecule has 0 bridgehead atoms. The highest BCUT2D eigenvalue weighted by molar-refractivity contribution is 5.64. The second-order valence-electron chi connectivity index (χ2n) is 2.91. The fourth-order valence-electron chi connectivity index (χ4n) is 0.813. The van der Waals surface area contributed by atoms with E-state index in [1.54, 1.807) is 0 Å². The fraction of sp³-hybridized carbons (Fsp3) is 0.750. The van der Waals surface area contributed by atoms with Crippen molar-refractivity contribution in [3.8, 4) is 6.07 Å². The van der Waals surface area contributed by atoms with Gasteiger partial charge in [-0.3, -0.25) is 0 Å². The highest BCUT2D eigenvalue weighted by Gasteiger charge is 2.18. The van der Waals surface area contributed by atoms with E-state index in [1.165, 1.54) is 6.21 Å². The maximum Gasteiger partial charge on any atom is 0.0622 e. The van der Waals surface area contributed by atoms with Crippen LogP contribution in [0.25, 0.3) is 0 Å². The second kappa shape index (κ2) is 4.73. The van der Waals surface area contributed by atoms with Gasteiger partial charge >= 0.3 is 0 Å². The maximum absolute atomic E-state index is 8.34. The van der Waals surface area contributed by atoms with Crippen molar-refractivity contribution in [2.24, 2.45) is 10.6 Å². The van der Waals surface area contributed by atoms with Gasteiger partial charge in [0.1, 0.15) is 0 Å². The highest BCUT2D eigenvalue weighted by Crippen LogP contribution is 2.24. The first-order valence-electron chi connectivity index (χ1n) is 3.74. The minimum absolute atomic E-state index is 0.121. The topological polar surface area (TPSA) is 56.4 Å². The summed E-state index contributed by atoms with van der Waals surface area (Å²) in [4.78, 5) is 0. The molecule has 3 heteroatoms. The van der Waals surface area contributed by atoms with Gasteiger partial charge in [-0.25, -0.2) is 0 Å². The molecule has 1 N–H and O–H groups in total. The minimum Gasteiger partial charge on any atom is -0.411 e. The molecular formula is C8H14N2O. The summed E-state index contributed by atoms with van der Waals surface area (Å²) >= 11 is 0. The van der Waals surface area contributed by atoms with Gasteiger partial charge in [0.25, 0.3) is 0 Å². The molecule has 0 saturated carbocycles. The summed E-state index contributed by atoms with van der Waals surface area (Å²) in [5, 5.41) is 19.7. The van der Waals surface area contributed by atoms with Crippen molar-refractivity contribution in [3.63, 3.8) is 0 Å². The number of oxime groups is 1. The maximum atomic E-state index is 8.34. The predicted octanol–water partition coefficient (Wildman–Crippen LogP) is 2.17. The molecule has 0 aromatic carbocycles. The minimum atomic E-state index is -0.121. The zero-order valence-corrected chi connectivity index (χ0v) is 7.04. The van der Waals surface area contributed by atoms with Crippen molar-refractivity contribution in [1.82, 2.24) is 0 Å². The lowest BCUT2D eigenvalue weighted by molar-refractivity contribution is 0.307. The Morgan fingerprint density at radius 2 is 2.36 bits per heavy atom. The fourth-order valence-corrected chi connectivity index (χ4v) is 0.813. The number of nitrogens with zero attached hydrogens (tertiary/aromatic N) is 2. The van der Waals surface area contributed by atoms with Gasteiger partial charge in [0, 0.05) is 18.1 Å². The first-order valence-corrected chi connectivity index (χ1v) is 3.74. The Hall–Kier alpha value is -1.04. The zero-order chi connectivity index (χ0) is 8.74. The lowest BCUT2D eigenvalue weighted by atomic mass is 9.84. The molecule has 11 heavy (non-hydrogen) atoms. The van der Waals surface area contributed by atoms with E-state index < -0.39 is 0 Å². The Morgan fingerprint density at radius 1 is 1.73 bits per heavy atom. The zero-order valence-electron chi connectivity index (χ0n) is 7.04. The molecule has 0 aromatic rings. The van der Waals surface area contributed by atoms with Crippen molar-refractivity contribution in [2.45, 2.75) is 33.1 Å². The summed E-state index contributed by atoms with van der Waals surface area (Å²) in [5.74, 6) is 0. The van der Waals surface area contributed by atoms with Crippen molar-refractivity contribution in [2.75, 3.05) is 0 Å². The van der Waals surface area contributed by atoms with E-state index in [2.05, 4.69) is 11.2 Å². The summed E-state index contributed by atoms with van der Waals surface area (Å²) in [7, 11) is 0. The van der Waals surface area contributed by atoms with E-state index in [0.717, 1.165) is 12.8 Å². The molecular weight excluding hydrogens is 140 g/mol. The molecule has 0 aliphatic rings. The number of hydrogen-bond acceptors (Lipinski definition) is 3. The molecule has 1 unspecified atom stereocenters. The van der Waals surface area contributed by atoms with Crippen LogP contribution in [-0.2, 0) is 0 Å². The highest BCUT2D eigenvalue weighted by atomic mass is 16.4. The summed E-state index contributed by atoms with van der Waals surface area (Å²) in [6, 6.07) is 2.07. The van der Waals surface area contributed by atoms with E-state index >= 15 is 0 Å². The number of hydrogen-bond donors (Lipinski definition) is 1. The first kappa shape index (κ1) is 9.96. The third-order valence-corrected chi connectivity index (χ3v) is 1.99. The van der Waals surface area contributed by atoms with E-state index in [-0.39, 0.29) is 5.41 Å². The van der Waals surface area contributed by atoms with Crippen molar-refractivity contribution >= 4 is 6.21 Å². The van der Waals surface area contributed by atoms with Gasteiger partial charge in [-0.2, -0.15) is 5.26 Å². The van der Waals surface area contributed by atoms with Gasteiger partial charge in [-0.05, 0) is 12.8 Å². The van der Waals surface area contributed by atoms with Gasteiger partial charge in [-0.1, -0.05) is 13.8 Å².